The van der Waals surface area contributed by atoms with Gasteiger partial charge in [-0.05, 0) is 37.2 Å². The van der Waals surface area contributed by atoms with Crippen LogP contribution in [0.4, 0.5) is 5.69 Å². The van der Waals surface area contributed by atoms with Crippen molar-refractivity contribution < 1.29 is 14.3 Å². The fourth-order valence-electron chi connectivity index (χ4n) is 4.56. The van der Waals surface area contributed by atoms with Crippen LogP contribution in [0.3, 0.4) is 0 Å². The van der Waals surface area contributed by atoms with Gasteiger partial charge in [0.05, 0.1) is 26.0 Å². The minimum Gasteiger partial charge on any atom is -0.497 e. The molecular formula is C24H35N5O3. The first-order valence-corrected chi connectivity index (χ1v) is 11.6. The van der Waals surface area contributed by atoms with Crippen LogP contribution < -0.4 is 15.0 Å². The molecule has 2 aliphatic rings. The molecule has 0 bridgehead atoms. The number of hydrogen-bond acceptors (Lipinski definition) is 6. The summed E-state index contributed by atoms with van der Waals surface area (Å²) in [6.45, 7) is 7.25. The maximum absolute atomic E-state index is 12.3. The van der Waals surface area contributed by atoms with Crippen molar-refractivity contribution in [1.82, 2.24) is 20.0 Å². The van der Waals surface area contributed by atoms with Crippen molar-refractivity contribution in [2.45, 2.75) is 32.3 Å². The molecule has 2 aromatic rings. The van der Waals surface area contributed by atoms with E-state index in [4.69, 9.17) is 9.47 Å². The molecule has 32 heavy (non-hydrogen) atoms. The van der Waals surface area contributed by atoms with Crippen molar-refractivity contribution in [3.05, 3.63) is 41.2 Å². The average Bonchev–Trinajstić information content (AvgIpc) is 3.16. The van der Waals surface area contributed by atoms with Crippen molar-refractivity contribution in [2.24, 2.45) is 7.05 Å². The number of nitrogens with zero attached hydrogens (tertiary/aromatic N) is 4. The number of benzene rings is 1. The summed E-state index contributed by atoms with van der Waals surface area (Å²) in [6, 6.07) is 8.27. The molecule has 0 aliphatic carbocycles. The zero-order chi connectivity index (χ0) is 22.3. The van der Waals surface area contributed by atoms with Crippen LogP contribution in [0.15, 0.2) is 24.3 Å². The van der Waals surface area contributed by atoms with Gasteiger partial charge in [0.25, 0.3) is 0 Å². The lowest BCUT2D eigenvalue weighted by atomic mass is 10.1. The van der Waals surface area contributed by atoms with Gasteiger partial charge in [-0.1, -0.05) is 0 Å². The van der Waals surface area contributed by atoms with E-state index in [0.717, 1.165) is 70.2 Å². The maximum atomic E-state index is 12.3. The van der Waals surface area contributed by atoms with Crippen LogP contribution in [0.1, 0.15) is 29.8 Å². The molecule has 1 saturated heterocycles. The number of piperazine rings is 1. The number of aromatic nitrogens is 2. The Hall–Kier alpha value is -2.58. The topological polar surface area (TPSA) is 71.9 Å². The molecular weight excluding hydrogens is 406 g/mol. The Bertz CT molecular complexity index is 888. The molecule has 4 rings (SSSR count). The van der Waals surface area contributed by atoms with Crippen molar-refractivity contribution in [3.63, 3.8) is 0 Å². The van der Waals surface area contributed by atoms with E-state index in [9.17, 15) is 4.79 Å². The van der Waals surface area contributed by atoms with E-state index in [1.807, 2.05) is 23.9 Å². The van der Waals surface area contributed by atoms with Gasteiger partial charge in [0, 0.05) is 76.0 Å². The molecule has 0 atom stereocenters. The minimum atomic E-state index is 0.102. The number of methoxy groups -OCH3 is 1. The van der Waals surface area contributed by atoms with Crippen LogP contribution in [0, 0.1) is 0 Å². The number of carbonyl (C=O) groups excluding carboxylic acids is 1. The molecule has 8 heteroatoms. The first kappa shape index (κ1) is 22.6. The Labute approximate surface area is 190 Å². The zero-order valence-electron chi connectivity index (χ0n) is 19.3. The smallest absolute Gasteiger partial charge is 0.220 e. The van der Waals surface area contributed by atoms with Crippen LogP contribution in [-0.2, 0) is 36.0 Å². The highest BCUT2D eigenvalue weighted by Gasteiger charge is 2.20. The molecule has 1 amide bonds. The lowest BCUT2D eigenvalue weighted by molar-refractivity contribution is -0.121. The number of carbonyl (C=O) groups is 1. The molecule has 2 aliphatic heterocycles. The van der Waals surface area contributed by atoms with E-state index in [0.29, 0.717) is 19.4 Å². The summed E-state index contributed by atoms with van der Waals surface area (Å²) in [5.41, 5.74) is 4.68. The van der Waals surface area contributed by atoms with Gasteiger partial charge in [0.2, 0.25) is 5.91 Å². The van der Waals surface area contributed by atoms with Crippen LogP contribution in [-0.4, -0.2) is 73.6 Å². The van der Waals surface area contributed by atoms with Crippen molar-refractivity contribution >= 4 is 11.6 Å². The Morgan fingerprint density at radius 3 is 2.72 bits per heavy atom. The molecule has 0 unspecified atom stereocenters. The molecule has 174 valence electrons. The SMILES string of the molecule is COc1ccc(N2CCN(CCCNC(=O)CCc3nn(C)c4c3COCC4)CC2)cc1. The largest absolute Gasteiger partial charge is 0.497 e. The number of fused-ring (bicyclic) bond motifs is 1. The number of anilines is 1. The summed E-state index contributed by atoms with van der Waals surface area (Å²) in [5, 5.41) is 7.67. The number of rotatable bonds is 9. The summed E-state index contributed by atoms with van der Waals surface area (Å²) >= 11 is 0. The monoisotopic (exact) mass is 441 g/mol. The lowest BCUT2D eigenvalue weighted by Crippen LogP contribution is -2.47. The van der Waals surface area contributed by atoms with Crippen molar-refractivity contribution in [2.75, 3.05) is 57.9 Å². The zero-order valence-corrected chi connectivity index (χ0v) is 19.3. The van der Waals surface area contributed by atoms with Gasteiger partial charge in [-0.3, -0.25) is 14.4 Å². The quantitative estimate of drug-likeness (QED) is 0.598. The molecule has 1 fully saturated rings. The van der Waals surface area contributed by atoms with Crippen molar-refractivity contribution in [3.8, 4) is 5.75 Å². The van der Waals surface area contributed by atoms with Gasteiger partial charge in [-0.15, -0.1) is 0 Å². The molecule has 3 heterocycles. The summed E-state index contributed by atoms with van der Waals surface area (Å²) in [4.78, 5) is 17.2. The molecule has 1 aromatic carbocycles. The predicted molar refractivity (Wildman–Crippen MR) is 124 cm³/mol. The molecule has 8 nitrogen and oxygen atoms in total. The Balaban J connectivity index is 1.11. The fourth-order valence-corrected chi connectivity index (χ4v) is 4.56. The maximum Gasteiger partial charge on any atom is 0.220 e. The van der Waals surface area contributed by atoms with Crippen LogP contribution in [0.2, 0.25) is 0 Å². The molecule has 1 N–H and O–H groups in total. The Morgan fingerprint density at radius 2 is 1.97 bits per heavy atom. The third-order valence-electron chi connectivity index (χ3n) is 6.46. The van der Waals surface area contributed by atoms with E-state index in [1.54, 1.807) is 7.11 Å². The third-order valence-corrected chi connectivity index (χ3v) is 6.46. The van der Waals surface area contributed by atoms with Gasteiger partial charge in [-0.2, -0.15) is 5.10 Å². The first-order chi connectivity index (χ1) is 15.6. The molecule has 1 aromatic heterocycles. The minimum absolute atomic E-state index is 0.102. The fraction of sp³-hybridized carbons (Fsp3) is 0.583. The van der Waals surface area contributed by atoms with E-state index in [-0.39, 0.29) is 5.91 Å². The van der Waals surface area contributed by atoms with Gasteiger partial charge in [0.1, 0.15) is 5.75 Å². The van der Waals surface area contributed by atoms with E-state index >= 15 is 0 Å². The second-order valence-corrected chi connectivity index (χ2v) is 8.53. The second kappa shape index (κ2) is 10.8. The van der Waals surface area contributed by atoms with Crippen molar-refractivity contribution in [1.29, 1.82) is 0 Å². The Morgan fingerprint density at radius 1 is 1.19 bits per heavy atom. The highest BCUT2D eigenvalue weighted by Crippen LogP contribution is 2.22. The Kier molecular flexibility index (Phi) is 7.65. The number of ether oxygens (including phenoxy) is 2. The molecule has 0 radical (unpaired) electrons. The van der Waals surface area contributed by atoms with Gasteiger partial charge in [-0.25, -0.2) is 0 Å². The summed E-state index contributed by atoms with van der Waals surface area (Å²) in [5.74, 6) is 0.994. The highest BCUT2D eigenvalue weighted by atomic mass is 16.5. The summed E-state index contributed by atoms with van der Waals surface area (Å²) in [7, 11) is 3.67. The number of aryl methyl sites for hydroxylation is 2. The second-order valence-electron chi connectivity index (χ2n) is 8.53. The molecule has 0 spiro atoms. The predicted octanol–water partition coefficient (Wildman–Crippen LogP) is 1.76. The van der Waals surface area contributed by atoms with E-state index in [1.165, 1.54) is 16.9 Å². The van der Waals surface area contributed by atoms with E-state index in [2.05, 4.69) is 32.3 Å². The summed E-state index contributed by atoms with van der Waals surface area (Å²) < 4.78 is 12.8. The van der Waals surface area contributed by atoms with Gasteiger partial charge < -0.3 is 19.7 Å². The van der Waals surface area contributed by atoms with Gasteiger partial charge >= 0.3 is 0 Å². The third kappa shape index (κ3) is 5.61. The highest BCUT2D eigenvalue weighted by molar-refractivity contribution is 5.76. The summed E-state index contributed by atoms with van der Waals surface area (Å²) in [6.07, 6.45) is 3.02. The molecule has 0 saturated carbocycles. The van der Waals surface area contributed by atoms with Crippen LogP contribution in [0.5, 0.6) is 5.75 Å². The first-order valence-electron chi connectivity index (χ1n) is 11.6. The standard InChI is InChI=1S/C24H35N5O3/c1-27-23-10-17-32-18-21(23)22(26-27)8-9-24(30)25-11-3-12-28-13-15-29(16-14-28)19-4-6-20(31-2)7-5-19/h4-7H,3,8-18H2,1-2H3,(H,25,30). The number of hydrogen-bond donors (Lipinski definition) is 1. The normalized spacial score (nSPS) is 16.6. The number of nitrogens with one attached hydrogen (secondary N) is 1. The van der Waals surface area contributed by atoms with Crippen LogP contribution in [0.25, 0.3) is 0 Å². The lowest BCUT2D eigenvalue weighted by Gasteiger charge is -2.36. The van der Waals surface area contributed by atoms with Crippen LogP contribution >= 0.6 is 0 Å². The van der Waals surface area contributed by atoms with Gasteiger partial charge in [0.15, 0.2) is 0 Å². The average molecular weight is 442 g/mol. The number of amides is 1. The van der Waals surface area contributed by atoms with E-state index < -0.39 is 0 Å².